The van der Waals surface area contributed by atoms with Gasteiger partial charge in [-0.15, -0.1) is 0 Å². The minimum absolute atomic E-state index is 0.709. The third-order valence-electron chi connectivity index (χ3n) is 2.51. The molecule has 0 bridgehead atoms. The van der Waals surface area contributed by atoms with Gasteiger partial charge in [0.15, 0.2) is 0 Å². The third-order valence-corrected chi connectivity index (χ3v) is 2.51. The number of rotatable bonds is 2. The van der Waals surface area contributed by atoms with Gasteiger partial charge in [0.05, 0.1) is 0 Å². The van der Waals surface area contributed by atoms with E-state index in [1.165, 1.54) is 24.0 Å². The molecule has 0 aliphatic heterocycles. The summed E-state index contributed by atoms with van der Waals surface area (Å²) in [5.74, 6) is 0. The van der Waals surface area contributed by atoms with Crippen LogP contribution in [0, 0.1) is 0 Å². The molecule has 1 rings (SSSR count). The first-order valence-electron chi connectivity index (χ1n) is 5.10. The molecule has 1 aliphatic carbocycles. The Morgan fingerprint density at radius 2 is 2.15 bits per heavy atom. The van der Waals surface area contributed by atoms with E-state index in [-0.39, 0.29) is 0 Å². The fourth-order valence-corrected chi connectivity index (χ4v) is 1.95. The van der Waals surface area contributed by atoms with Crippen molar-refractivity contribution in [2.45, 2.75) is 52.1 Å². The molecular formula is C12H20O. The summed E-state index contributed by atoms with van der Waals surface area (Å²) in [6.07, 6.45) is 8.82. The van der Waals surface area contributed by atoms with E-state index < -0.39 is 5.60 Å². The summed E-state index contributed by atoms with van der Waals surface area (Å²) in [6, 6.07) is 0. The lowest BCUT2D eigenvalue weighted by atomic mass is 9.86. The van der Waals surface area contributed by atoms with Crippen molar-refractivity contribution in [1.82, 2.24) is 0 Å². The van der Waals surface area contributed by atoms with Gasteiger partial charge in [-0.1, -0.05) is 17.7 Å². The maximum atomic E-state index is 10.2. The van der Waals surface area contributed by atoms with Crippen molar-refractivity contribution in [2.24, 2.45) is 0 Å². The van der Waals surface area contributed by atoms with Crippen LogP contribution in [0.2, 0.25) is 0 Å². The second-order valence-electron chi connectivity index (χ2n) is 4.34. The number of allylic oxidation sites excluding steroid dienone is 2. The summed E-state index contributed by atoms with van der Waals surface area (Å²) in [4.78, 5) is 0. The van der Waals surface area contributed by atoms with Gasteiger partial charge in [0.1, 0.15) is 5.60 Å². The van der Waals surface area contributed by atoms with Crippen LogP contribution in [0.25, 0.3) is 0 Å². The molecule has 13 heavy (non-hydrogen) atoms. The molecule has 0 saturated carbocycles. The van der Waals surface area contributed by atoms with Gasteiger partial charge in [0.25, 0.3) is 0 Å². The summed E-state index contributed by atoms with van der Waals surface area (Å²) in [6.45, 7) is 5.94. The number of hydrogen-bond donors (Lipinski definition) is 1. The van der Waals surface area contributed by atoms with Crippen LogP contribution in [0.5, 0.6) is 0 Å². The summed E-state index contributed by atoms with van der Waals surface area (Å²) < 4.78 is 0. The Morgan fingerprint density at radius 1 is 1.46 bits per heavy atom. The summed E-state index contributed by atoms with van der Waals surface area (Å²) >= 11 is 0. The molecule has 1 atom stereocenters. The normalized spacial score (nSPS) is 21.7. The largest absolute Gasteiger partial charge is 0.382 e. The molecule has 0 aromatic carbocycles. The monoisotopic (exact) mass is 180 g/mol. The van der Waals surface area contributed by atoms with Crippen molar-refractivity contribution in [1.29, 1.82) is 0 Å². The first-order chi connectivity index (χ1) is 6.02. The van der Waals surface area contributed by atoms with E-state index in [1.54, 1.807) is 0 Å². The van der Waals surface area contributed by atoms with Gasteiger partial charge in [-0.05, 0) is 52.0 Å². The Labute approximate surface area is 81.2 Å². The molecule has 1 aliphatic rings. The van der Waals surface area contributed by atoms with Gasteiger partial charge in [-0.3, -0.25) is 0 Å². The smallest absolute Gasteiger partial charge is 0.101 e. The molecule has 1 unspecified atom stereocenters. The molecule has 1 N–H and O–H groups in total. The highest BCUT2D eigenvalue weighted by Gasteiger charge is 2.23. The predicted octanol–water partition coefficient (Wildman–Crippen LogP) is 3.20. The Hall–Kier alpha value is -0.560. The third kappa shape index (κ3) is 3.00. The average Bonchev–Trinajstić information content (AvgIpc) is 2.04. The molecule has 0 spiro atoms. The first-order valence-corrected chi connectivity index (χ1v) is 5.10. The van der Waals surface area contributed by atoms with Crippen molar-refractivity contribution < 1.29 is 5.11 Å². The molecule has 1 nitrogen and oxygen atoms in total. The fourth-order valence-electron chi connectivity index (χ4n) is 1.95. The van der Waals surface area contributed by atoms with Crippen molar-refractivity contribution in [3.05, 3.63) is 23.3 Å². The second-order valence-corrected chi connectivity index (χ2v) is 4.34. The lowest BCUT2D eigenvalue weighted by molar-refractivity contribution is 0.143. The highest BCUT2D eigenvalue weighted by Crippen LogP contribution is 2.28. The van der Waals surface area contributed by atoms with E-state index in [1.807, 2.05) is 26.8 Å². The summed E-state index contributed by atoms with van der Waals surface area (Å²) in [5.41, 5.74) is 1.66. The van der Waals surface area contributed by atoms with Crippen molar-refractivity contribution in [3.8, 4) is 0 Å². The van der Waals surface area contributed by atoms with Crippen LogP contribution >= 0.6 is 0 Å². The highest BCUT2D eigenvalue weighted by molar-refractivity contribution is 5.26. The topological polar surface area (TPSA) is 20.2 Å². The molecule has 0 saturated heterocycles. The Balaban J connectivity index is 2.78. The van der Waals surface area contributed by atoms with Crippen LogP contribution in [0.1, 0.15) is 46.5 Å². The zero-order valence-corrected chi connectivity index (χ0v) is 8.93. The maximum absolute atomic E-state index is 10.2. The van der Waals surface area contributed by atoms with E-state index >= 15 is 0 Å². The molecule has 0 heterocycles. The number of aliphatic hydroxyl groups is 1. The molecule has 0 fully saturated rings. The Kier molecular flexibility index (Phi) is 3.32. The molecule has 0 amide bonds. The zero-order valence-electron chi connectivity index (χ0n) is 8.93. The van der Waals surface area contributed by atoms with Gasteiger partial charge in [0, 0.05) is 0 Å². The molecule has 74 valence electrons. The summed E-state index contributed by atoms with van der Waals surface area (Å²) in [5, 5.41) is 10.2. The van der Waals surface area contributed by atoms with Crippen molar-refractivity contribution >= 4 is 0 Å². The Morgan fingerprint density at radius 3 is 2.62 bits per heavy atom. The van der Waals surface area contributed by atoms with Crippen LogP contribution in [0.3, 0.4) is 0 Å². The van der Waals surface area contributed by atoms with E-state index in [9.17, 15) is 5.11 Å². The van der Waals surface area contributed by atoms with Crippen LogP contribution in [0.15, 0.2) is 23.3 Å². The van der Waals surface area contributed by atoms with E-state index in [0.29, 0.717) is 0 Å². The SMILES string of the molecule is CC(C)=CC(C)(O)C1=CCCCC1. The quantitative estimate of drug-likeness (QED) is 0.647. The lowest BCUT2D eigenvalue weighted by Crippen LogP contribution is -2.25. The van der Waals surface area contributed by atoms with Gasteiger partial charge in [-0.2, -0.15) is 0 Å². The van der Waals surface area contributed by atoms with E-state index in [0.717, 1.165) is 12.8 Å². The zero-order chi connectivity index (χ0) is 9.90. The minimum Gasteiger partial charge on any atom is -0.382 e. The molecule has 0 aromatic heterocycles. The van der Waals surface area contributed by atoms with Gasteiger partial charge in [0.2, 0.25) is 0 Å². The van der Waals surface area contributed by atoms with E-state index in [2.05, 4.69) is 6.08 Å². The van der Waals surface area contributed by atoms with Crippen LogP contribution in [-0.2, 0) is 0 Å². The van der Waals surface area contributed by atoms with Gasteiger partial charge in [-0.25, -0.2) is 0 Å². The predicted molar refractivity (Wildman–Crippen MR) is 56.6 cm³/mol. The maximum Gasteiger partial charge on any atom is 0.101 e. The fraction of sp³-hybridized carbons (Fsp3) is 0.667. The van der Waals surface area contributed by atoms with Crippen molar-refractivity contribution in [2.75, 3.05) is 0 Å². The van der Waals surface area contributed by atoms with Crippen LogP contribution < -0.4 is 0 Å². The van der Waals surface area contributed by atoms with Gasteiger partial charge < -0.3 is 5.11 Å². The first kappa shape index (κ1) is 10.5. The minimum atomic E-state index is -0.709. The highest BCUT2D eigenvalue weighted by atomic mass is 16.3. The molecule has 0 aromatic rings. The van der Waals surface area contributed by atoms with Crippen LogP contribution in [0.4, 0.5) is 0 Å². The van der Waals surface area contributed by atoms with E-state index in [4.69, 9.17) is 0 Å². The van der Waals surface area contributed by atoms with Crippen LogP contribution in [-0.4, -0.2) is 10.7 Å². The molecular weight excluding hydrogens is 160 g/mol. The van der Waals surface area contributed by atoms with Gasteiger partial charge >= 0.3 is 0 Å². The standard InChI is InChI=1S/C12H20O/c1-10(2)9-12(3,13)11-7-5-4-6-8-11/h7,9,13H,4-6,8H2,1-3H3. The number of hydrogen-bond acceptors (Lipinski definition) is 1. The Bertz CT molecular complexity index is 230. The molecule has 0 radical (unpaired) electrons. The molecule has 1 heteroatoms. The van der Waals surface area contributed by atoms with Crippen molar-refractivity contribution in [3.63, 3.8) is 0 Å². The average molecular weight is 180 g/mol. The summed E-state index contributed by atoms with van der Waals surface area (Å²) in [7, 11) is 0. The second kappa shape index (κ2) is 4.10. The lowest BCUT2D eigenvalue weighted by Gasteiger charge is -2.26.